The number of amides is 1. The highest BCUT2D eigenvalue weighted by molar-refractivity contribution is 9.10. The Bertz CT molecular complexity index is 677. The summed E-state index contributed by atoms with van der Waals surface area (Å²) in [5.74, 6) is 0.459. The van der Waals surface area contributed by atoms with Crippen molar-refractivity contribution >= 4 is 50.7 Å². The molecule has 0 bridgehead atoms. The molecule has 0 radical (unpaired) electrons. The molecule has 2 rings (SSSR count). The van der Waals surface area contributed by atoms with Gasteiger partial charge in [-0.05, 0) is 59.3 Å². The van der Waals surface area contributed by atoms with Crippen LogP contribution in [0.1, 0.15) is 17.3 Å². The lowest BCUT2D eigenvalue weighted by atomic mass is 10.2. The fourth-order valence-electron chi connectivity index (χ4n) is 1.69. The number of anilines is 1. The van der Waals surface area contributed by atoms with E-state index < -0.39 is 0 Å². The molecule has 2 aromatic rings. The molecule has 2 aromatic carbocycles. The van der Waals surface area contributed by atoms with E-state index in [1.165, 1.54) is 0 Å². The number of carbonyl (C=O) groups is 1. The summed E-state index contributed by atoms with van der Waals surface area (Å²) in [4.78, 5) is 12.2. The molecular weight excluding hydrogens is 377 g/mol. The molecule has 0 saturated carbocycles. The third-order valence-electron chi connectivity index (χ3n) is 2.67. The van der Waals surface area contributed by atoms with Gasteiger partial charge in [0.2, 0.25) is 0 Å². The maximum atomic E-state index is 12.2. The van der Waals surface area contributed by atoms with Crippen LogP contribution in [0, 0.1) is 0 Å². The molecule has 0 spiro atoms. The fraction of sp³-hybridized carbons (Fsp3) is 0.133. The van der Waals surface area contributed by atoms with Crippen LogP contribution >= 0.6 is 39.1 Å². The molecule has 0 aromatic heterocycles. The highest BCUT2D eigenvalue weighted by Gasteiger charge is 2.10. The molecule has 0 aliphatic heterocycles. The van der Waals surface area contributed by atoms with Gasteiger partial charge in [0, 0.05) is 11.3 Å². The van der Waals surface area contributed by atoms with E-state index in [2.05, 4.69) is 21.2 Å². The molecule has 0 aliphatic rings. The van der Waals surface area contributed by atoms with Gasteiger partial charge in [-0.2, -0.15) is 0 Å². The van der Waals surface area contributed by atoms with Gasteiger partial charge in [0.15, 0.2) is 0 Å². The normalized spacial score (nSPS) is 10.3. The number of halogens is 3. The minimum absolute atomic E-state index is 0.239. The molecule has 21 heavy (non-hydrogen) atoms. The Morgan fingerprint density at radius 1 is 1.19 bits per heavy atom. The first-order valence-electron chi connectivity index (χ1n) is 6.20. The van der Waals surface area contributed by atoms with E-state index in [0.717, 1.165) is 4.47 Å². The van der Waals surface area contributed by atoms with Crippen molar-refractivity contribution in [2.75, 3.05) is 11.9 Å². The maximum absolute atomic E-state index is 12.2. The lowest BCUT2D eigenvalue weighted by molar-refractivity contribution is 0.102. The molecule has 0 atom stereocenters. The summed E-state index contributed by atoms with van der Waals surface area (Å²) >= 11 is 15.1. The molecule has 6 heteroatoms. The molecular formula is C15H12BrCl2NO2. The second-order valence-electron chi connectivity index (χ2n) is 4.16. The van der Waals surface area contributed by atoms with Gasteiger partial charge in [-0.15, -0.1) is 0 Å². The smallest absolute Gasteiger partial charge is 0.255 e. The Morgan fingerprint density at radius 3 is 2.57 bits per heavy atom. The van der Waals surface area contributed by atoms with Crippen LogP contribution in [0.4, 0.5) is 5.69 Å². The van der Waals surface area contributed by atoms with Crippen molar-refractivity contribution in [1.82, 2.24) is 0 Å². The lowest BCUT2D eigenvalue weighted by Gasteiger charge is -2.09. The first kappa shape index (κ1) is 16.1. The van der Waals surface area contributed by atoms with Gasteiger partial charge in [-0.25, -0.2) is 0 Å². The highest BCUT2D eigenvalue weighted by atomic mass is 79.9. The Hall–Kier alpha value is -1.23. The fourth-order valence-corrected chi connectivity index (χ4v) is 2.48. The van der Waals surface area contributed by atoms with Crippen LogP contribution < -0.4 is 10.1 Å². The van der Waals surface area contributed by atoms with E-state index in [1.807, 2.05) is 6.92 Å². The maximum Gasteiger partial charge on any atom is 0.255 e. The van der Waals surface area contributed by atoms with Gasteiger partial charge in [0.25, 0.3) is 5.91 Å². The molecule has 1 amide bonds. The zero-order valence-electron chi connectivity index (χ0n) is 11.1. The number of nitrogens with one attached hydrogen (secondary N) is 1. The molecule has 0 saturated heterocycles. The van der Waals surface area contributed by atoms with Gasteiger partial charge in [0.05, 0.1) is 21.1 Å². The zero-order chi connectivity index (χ0) is 15.4. The molecule has 0 heterocycles. The largest absolute Gasteiger partial charge is 0.493 e. The minimum atomic E-state index is -0.239. The van der Waals surface area contributed by atoms with Crippen LogP contribution in [0.15, 0.2) is 40.9 Å². The van der Waals surface area contributed by atoms with Gasteiger partial charge in [-0.3, -0.25) is 4.79 Å². The predicted molar refractivity (Wildman–Crippen MR) is 89.7 cm³/mol. The van der Waals surface area contributed by atoms with Crippen LogP contribution in [0.3, 0.4) is 0 Å². The van der Waals surface area contributed by atoms with Gasteiger partial charge < -0.3 is 10.1 Å². The van der Waals surface area contributed by atoms with E-state index in [0.29, 0.717) is 33.7 Å². The molecule has 0 fully saturated rings. The summed E-state index contributed by atoms with van der Waals surface area (Å²) in [7, 11) is 0. The van der Waals surface area contributed by atoms with Gasteiger partial charge >= 0.3 is 0 Å². The second-order valence-corrected chi connectivity index (χ2v) is 5.83. The molecule has 1 N–H and O–H groups in total. The number of rotatable bonds is 4. The first-order chi connectivity index (χ1) is 10.0. The van der Waals surface area contributed by atoms with E-state index in [4.69, 9.17) is 27.9 Å². The van der Waals surface area contributed by atoms with Crippen molar-refractivity contribution < 1.29 is 9.53 Å². The zero-order valence-corrected chi connectivity index (χ0v) is 14.2. The number of ether oxygens (including phenoxy) is 1. The van der Waals surface area contributed by atoms with Crippen molar-refractivity contribution in [2.45, 2.75) is 6.92 Å². The molecule has 0 unspecified atom stereocenters. The van der Waals surface area contributed by atoms with Crippen LogP contribution in [0.25, 0.3) is 0 Å². The van der Waals surface area contributed by atoms with E-state index in [-0.39, 0.29) is 5.91 Å². The Morgan fingerprint density at radius 2 is 1.95 bits per heavy atom. The topological polar surface area (TPSA) is 38.3 Å². The van der Waals surface area contributed by atoms with Crippen molar-refractivity contribution in [3.8, 4) is 5.75 Å². The van der Waals surface area contributed by atoms with E-state index >= 15 is 0 Å². The number of hydrogen-bond donors (Lipinski definition) is 1. The summed E-state index contributed by atoms with van der Waals surface area (Å²) in [6.45, 7) is 2.46. The summed E-state index contributed by atoms with van der Waals surface area (Å²) < 4.78 is 6.14. The van der Waals surface area contributed by atoms with Gasteiger partial charge in [-0.1, -0.05) is 23.2 Å². The number of benzene rings is 2. The second kappa shape index (κ2) is 7.16. The van der Waals surface area contributed by atoms with Crippen molar-refractivity contribution in [3.63, 3.8) is 0 Å². The molecule has 0 aliphatic carbocycles. The summed E-state index contributed by atoms with van der Waals surface area (Å²) in [5.41, 5.74) is 1.09. The highest BCUT2D eigenvalue weighted by Crippen LogP contribution is 2.28. The van der Waals surface area contributed by atoms with Crippen LogP contribution in [-0.4, -0.2) is 12.5 Å². The first-order valence-corrected chi connectivity index (χ1v) is 7.75. The minimum Gasteiger partial charge on any atom is -0.493 e. The van der Waals surface area contributed by atoms with Crippen LogP contribution in [-0.2, 0) is 0 Å². The molecule has 110 valence electrons. The quantitative estimate of drug-likeness (QED) is 0.760. The monoisotopic (exact) mass is 387 g/mol. The predicted octanol–water partition coefficient (Wildman–Crippen LogP) is 5.41. The average Bonchev–Trinajstić information content (AvgIpc) is 2.45. The van der Waals surface area contributed by atoms with Gasteiger partial charge in [0.1, 0.15) is 5.75 Å². The van der Waals surface area contributed by atoms with Crippen LogP contribution in [0.2, 0.25) is 10.0 Å². The summed E-state index contributed by atoms with van der Waals surface area (Å²) in [5, 5.41) is 3.60. The Balaban J connectivity index is 2.16. The summed E-state index contributed by atoms with van der Waals surface area (Å²) in [6.07, 6.45) is 0. The lowest BCUT2D eigenvalue weighted by Crippen LogP contribution is -2.12. The average molecular weight is 389 g/mol. The standard InChI is InChI=1S/C15H12BrCl2NO2/c1-2-21-14-6-3-9(7-11(14)16)15(20)19-10-4-5-12(17)13(18)8-10/h3-8H,2H2,1H3,(H,19,20). The van der Waals surface area contributed by atoms with Crippen molar-refractivity contribution in [2.24, 2.45) is 0 Å². The third-order valence-corrected chi connectivity index (χ3v) is 4.03. The molecule has 3 nitrogen and oxygen atoms in total. The Labute approximate surface area is 141 Å². The van der Waals surface area contributed by atoms with Crippen LogP contribution in [0.5, 0.6) is 5.75 Å². The Kier molecular flexibility index (Phi) is 5.51. The van der Waals surface area contributed by atoms with E-state index in [9.17, 15) is 4.79 Å². The SMILES string of the molecule is CCOc1ccc(C(=O)Nc2ccc(Cl)c(Cl)c2)cc1Br. The number of carbonyl (C=O) groups excluding carboxylic acids is 1. The third kappa shape index (κ3) is 4.13. The van der Waals surface area contributed by atoms with E-state index in [1.54, 1.807) is 36.4 Å². The number of hydrogen-bond acceptors (Lipinski definition) is 2. The summed E-state index contributed by atoms with van der Waals surface area (Å²) in [6, 6.07) is 10.1. The van der Waals surface area contributed by atoms with Crippen molar-refractivity contribution in [1.29, 1.82) is 0 Å². The van der Waals surface area contributed by atoms with Crippen molar-refractivity contribution in [3.05, 3.63) is 56.5 Å².